The van der Waals surface area contributed by atoms with Crippen LogP contribution in [0.1, 0.15) is 198 Å². The molecule has 3 amide bonds. The molecular weight excluding hydrogens is 1320 g/mol. The monoisotopic (exact) mass is 1420 g/mol. The highest BCUT2D eigenvalue weighted by Crippen LogP contribution is 2.40. The van der Waals surface area contributed by atoms with Crippen LogP contribution in [0.25, 0.3) is 33.4 Å². The third-order valence-electron chi connectivity index (χ3n) is 18.6. The van der Waals surface area contributed by atoms with Gasteiger partial charge in [0.2, 0.25) is 17.7 Å². The summed E-state index contributed by atoms with van der Waals surface area (Å²) < 4.78 is 4.42. The minimum Gasteiger partial charge on any atom is -0.481 e. The molecule has 0 bridgehead atoms. The molecule has 0 spiro atoms. The maximum absolute atomic E-state index is 13.7. The van der Waals surface area contributed by atoms with Gasteiger partial charge in [-0.25, -0.2) is 0 Å². The van der Waals surface area contributed by atoms with Crippen molar-refractivity contribution < 1.29 is 39.0 Å². The van der Waals surface area contributed by atoms with E-state index in [-0.39, 0.29) is 65.4 Å². The summed E-state index contributed by atoms with van der Waals surface area (Å²) in [5.74, 6) is -2.20. The Morgan fingerprint density at radius 3 is 1.18 bits per heavy atom. The Kier molecular flexibility index (Phi) is 28.0. The first-order valence-electron chi connectivity index (χ1n) is 35.9. The van der Waals surface area contributed by atoms with Gasteiger partial charge in [0, 0.05) is 97.1 Å². The zero-order valence-corrected chi connectivity index (χ0v) is 62.4. The van der Waals surface area contributed by atoms with Gasteiger partial charge in [-0.1, -0.05) is 114 Å². The standard InChI is InChI=1S/C30H35N3O3.C28H33N3O4.C27H31N3O4/c1-19(2)13-28(33-18-23(22-9-10-22)11-12-29(33)35)30(36)32-27(14-21(4)34)25-15-24(16-31-17-25)26-8-6-5-7-20(26)3;1-17(2)11-24(31-10-9-18(3)12-25(31)32)28(35)30-23(14-26(33)34)21-13-22(16-29-15-21)27-19(4)7-6-8-20(27)5;1-17(2)11-24(30-10-9-18(3)12-25(30)31)27(34)29-23(14-26(32)33)21-13-20(15-28-16-21)22-8-6-5-7-19(22)4/h5-8,11-12,15-19,22,27-28H,9-10,13-14H2,1-4H3,(H,32,36);6-10,12-13,15-17,23-24H,11,14H2,1-5H3,(H,30,35)(H,33,34);5-10,12-13,15-17,23-24H,11,14H2,1-4H3,(H,29,34)(H,32,33)/t27-,28+;23-,24+;23-,24?/m101/s1. The third-order valence-corrected chi connectivity index (χ3v) is 18.6. The van der Waals surface area contributed by atoms with Gasteiger partial charge in [0.1, 0.15) is 23.9 Å². The largest absolute Gasteiger partial charge is 0.481 e. The molecule has 1 aliphatic rings. The predicted molar refractivity (Wildman–Crippen MR) is 409 cm³/mol. The number of carboxylic acids is 2. The highest BCUT2D eigenvalue weighted by atomic mass is 16.4. The Labute approximate surface area is 614 Å². The summed E-state index contributed by atoms with van der Waals surface area (Å²) in [5.41, 5.74) is 14.0. The number of rotatable bonds is 28. The Bertz CT molecular complexity index is 4740. The number of benzene rings is 3. The van der Waals surface area contributed by atoms with Crippen LogP contribution >= 0.6 is 0 Å². The van der Waals surface area contributed by atoms with E-state index in [0.29, 0.717) is 36.3 Å². The molecule has 105 heavy (non-hydrogen) atoms. The van der Waals surface area contributed by atoms with Gasteiger partial charge in [0.15, 0.2) is 0 Å². The molecule has 1 fully saturated rings. The number of aliphatic carboxylic acids is 2. The molecule has 6 atom stereocenters. The molecule has 5 N–H and O–H groups in total. The van der Waals surface area contributed by atoms with Gasteiger partial charge in [-0.15, -0.1) is 0 Å². The molecule has 20 heteroatoms. The van der Waals surface area contributed by atoms with Crippen molar-refractivity contribution in [2.45, 2.75) is 184 Å². The van der Waals surface area contributed by atoms with E-state index in [1.807, 2.05) is 180 Å². The van der Waals surface area contributed by atoms with Crippen molar-refractivity contribution in [3.63, 3.8) is 0 Å². The Morgan fingerprint density at radius 2 is 0.810 bits per heavy atom. The fraction of sp³-hybridized carbons (Fsp3) is 0.365. The summed E-state index contributed by atoms with van der Waals surface area (Å²) in [6, 6.07) is 33.3. The van der Waals surface area contributed by atoms with Gasteiger partial charge >= 0.3 is 11.9 Å². The molecule has 1 saturated carbocycles. The van der Waals surface area contributed by atoms with Crippen molar-refractivity contribution >= 4 is 35.4 Å². The average Bonchev–Trinajstić information content (AvgIpc) is 1.61. The molecule has 9 aromatic rings. The number of carbonyl (C=O) groups is 6. The molecule has 20 nitrogen and oxygen atoms in total. The van der Waals surface area contributed by atoms with E-state index in [9.17, 15) is 53.4 Å². The Balaban J connectivity index is 0.000000199. The molecule has 6 heterocycles. The fourth-order valence-corrected chi connectivity index (χ4v) is 13.1. The SMILES string of the molecule is CC(=O)C[C@@H](NC(=O)[C@H](CC(C)C)n1cc(C2CC2)ccc1=O)c1cncc(-c2ccccc2C)c1.Cc1ccn(C(CC(C)C)C(=O)N[C@H](CC(=O)O)c2cncc(-c3ccccc3C)c2)c(=O)c1.Cc1ccn([C@H](CC(C)C)C(=O)N[C@@H](CC(=O)O)c2cncc(-c3c(C)cccc3C)c2)c(=O)c1. The second-order valence-electron chi connectivity index (χ2n) is 29.0. The molecule has 0 aliphatic heterocycles. The molecule has 10 rings (SSSR count). The topological polar surface area (TPSA) is 284 Å². The van der Waals surface area contributed by atoms with E-state index in [1.54, 1.807) is 72.3 Å². The number of carboxylic acid groups (broad SMARTS) is 2. The number of nitrogens with zero attached hydrogens (tertiary/aromatic N) is 6. The lowest BCUT2D eigenvalue weighted by Crippen LogP contribution is -2.40. The van der Waals surface area contributed by atoms with Gasteiger partial charge in [0.25, 0.3) is 16.7 Å². The van der Waals surface area contributed by atoms with Crippen LogP contribution in [0.15, 0.2) is 191 Å². The van der Waals surface area contributed by atoms with Crippen molar-refractivity contribution in [3.8, 4) is 33.4 Å². The average molecular weight is 1420 g/mol. The molecule has 0 saturated heterocycles. The van der Waals surface area contributed by atoms with Crippen LogP contribution in [-0.4, -0.2) is 74.3 Å². The molecule has 550 valence electrons. The Morgan fingerprint density at radius 1 is 0.438 bits per heavy atom. The number of nitrogens with one attached hydrogen (secondary N) is 3. The first-order chi connectivity index (χ1) is 49.9. The molecule has 1 unspecified atom stereocenters. The highest BCUT2D eigenvalue weighted by Gasteiger charge is 2.32. The van der Waals surface area contributed by atoms with Crippen molar-refractivity contribution in [1.29, 1.82) is 0 Å². The molecule has 3 aromatic carbocycles. The predicted octanol–water partition coefficient (Wildman–Crippen LogP) is 14.7. The number of amides is 3. The van der Waals surface area contributed by atoms with Crippen molar-refractivity contribution in [2.24, 2.45) is 17.8 Å². The number of carbonyl (C=O) groups excluding carboxylic acids is 4. The zero-order valence-electron chi connectivity index (χ0n) is 62.4. The van der Waals surface area contributed by atoms with Crippen molar-refractivity contribution in [1.82, 2.24) is 44.6 Å². The first-order valence-corrected chi connectivity index (χ1v) is 35.9. The zero-order chi connectivity index (χ0) is 76.3. The van der Waals surface area contributed by atoms with E-state index in [1.165, 1.54) is 28.2 Å². The normalized spacial score (nSPS) is 13.6. The van der Waals surface area contributed by atoms with Crippen LogP contribution < -0.4 is 32.6 Å². The maximum atomic E-state index is 13.7. The quantitative estimate of drug-likeness (QED) is 0.0305. The minimum atomic E-state index is -1.04. The van der Waals surface area contributed by atoms with Crippen molar-refractivity contribution in [2.75, 3.05) is 0 Å². The molecule has 0 radical (unpaired) electrons. The van der Waals surface area contributed by atoms with Crippen LogP contribution in [0.2, 0.25) is 0 Å². The number of pyridine rings is 6. The van der Waals surface area contributed by atoms with Gasteiger partial charge in [-0.3, -0.25) is 58.1 Å². The van der Waals surface area contributed by atoms with Crippen LogP contribution in [0, 0.1) is 59.3 Å². The number of ketones is 1. The molecule has 6 aromatic heterocycles. The van der Waals surface area contributed by atoms with Gasteiger partial charge < -0.3 is 39.9 Å². The van der Waals surface area contributed by atoms with E-state index < -0.39 is 60.0 Å². The molecule has 1 aliphatic carbocycles. The highest BCUT2D eigenvalue weighted by molar-refractivity contribution is 5.84. The van der Waals surface area contributed by atoms with Gasteiger partial charge in [-0.05, 0) is 207 Å². The van der Waals surface area contributed by atoms with Crippen LogP contribution in [-0.2, 0) is 28.8 Å². The van der Waals surface area contributed by atoms with Crippen molar-refractivity contribution in [3.05, 3.63) is 264 Å². The van der Waals surface area contributed by atoms with Crippen LogP contribution in [0.4, 0.5) is 0 Å². The second kappa shape index (κ2) is 36.9. The lowest BCUT2D eigenvalue weighted by Gasteiger charge is -2.25. The number of Topliss-reactive ketones (excluding diaryl/α,β-unsaturated/α-hetero) is 1. The lowest BCUT2D eigenvalue weighted by atomic mass is 9.94. The first kappa shape index (κ1) is 79.7. The van der Waals surface area contributed by atoms with Crippen LogP contribution in [0.5, 0.6) is 0 Å². The van der Waals surface area contributed by atoms with Gasteiger partial charge in [-0.2, -0.15) is 0 Å². The van der Waals surface area contributed by atoms with Gasteiger partial charge in [0.05, 0.1) is 31.0 Å². The van der Waals surface area contributed by atoms with E-state index in [0.717, 1.165) is 90.7 Å². The van der Waals surface area contributed by atoms with E-state index in [4.69, 9.17) is 0 Å². The molecular formula is C85H99N9O11. The lowest BCUT2D eigenvalue weighted by molar-refractivity contribution is -0.139. The Hall–Kier alpha value is -11.0. The summed E-state index contributed by atoms with van der Waals surface area (Å²) in [6.45, 7) is 25.2. The maximum Gasteiger partial charge on any atom is 0.305 e. The smallest absolute Gasteiger partial charge is 0.305 e. The number of aromatic nitrogens is 6. The summed E-state index contributed by atoms with van der Waals surface area (Å²) in [5, 5.41) is 28.0. The summed E-state index contributed by atoms with van der Waals surface area (Å²) in [4.78, 5) is 127. The number of aryl methyl sites for hydroxylation is 6. The van der Waals surface area contributed by atoms with E-state index >= 15 is 0 Å². The number of hydrogen-bond donors (Lipinski definition) is 5. The summed E-state index contributed by atoms with van der Waals surface area (Å²) in [6.07, 6.45) is 18.4. The van der Waals surface area contributed by atoms with E-state index in [2.05, 4.69) is 30.9 Å². The fourth-order valence-electron chi connectivity index (χ4n) is 13.1. The summed E-state index contributed by atoms with van der Waals surface area (Å²) >= 11 is 0. The summed E-state index contributed by atoms with van der Waals surface area (Å²) in [7, 11) is 0. The van der Waals surface area contributed by atoms with Crippen LogP contribution in [0.3, 0.4) is 0 Å². The second-order valence-corrected chi connectivity index (χ2v) is 29.0. The number of hydrogen-bond acceptors (Lipinski definition) is 12. The minimum absolute atomic E-state index is 0.0325. The third kappa shape index (κ3) is 22.5.